The molecule has 29 heavy (non-hydrogen) atoms. The first-order valence-electron chi connectivity index (χ1n) is 10.6. The van der Waals surface area contributed by atoms with Crippen molar-refractivity contribution in [1.29, 1.82) is 0 Å². The maximum absolute atomic E-state index is 12.9. The average molecular weight is 394 g/mol. The Kier molecular flexibility index (Phi) is 6.02. The van der Waals surface area contributed by atoms with Crippen LogP contribution in [0.15, 0.2) is 36.4 Å². The summed E-state index contributed by atoms with van der Waals surface area (Å²) < 4.78 is 0. The van der Waals surface area contributed by atoms with Crippen molar-refractivity contribution >= 4 is 23.0 Å². The summed E-state index contributed by atoms with van der Waals surface area (Å²) in [6.07, 6.45) is 0. The fourth-order valence-electron chi connectivity index (χ4n) is 4.12. The van der Waals surface area contributed by atoms with E-state index in [0.29, 0.717) is 0 Å². The molecule has 154 valence electrons. The maximum Gasteiger partial charge on any atom is 0.255 e. The minimum absolute atomic E-state index is 0.0487. The van der Waals surface area contributed by atoms with E-state index in [1.54, 1.807) is 0 Å². The zero-order valence-corrected chi connectivity index (χ0v) is 17.4. The molecular weight excluding hydrogens is 362 g/mol. The summed E-state index contributed by atoms with van der Waals surface area (Å²) in [5.41, 5.74) is 6.11. The lowest BCUT2D eigenvalue weighted by molar-refractivity contribution is 0.102. The van der Waals surface area contributed by atoms with Gasteiger partial charge in [-0.1, -0.05) is 0 Å². The molecule has 0 saturated carbocycles. The Morgan fingerprint density at radius 1 is 0.793 bits per heavy atom. The first kappa shape index (κ1) is 19.7. The van der Waals surface area contributed by atoms with Gasteiger partial charge in [0.2, 0.25) is 0 Å². The molecule has 6 heteroatoms. The SMILES string of the molecule is Cc1cc(N2CCNCC2)ccc1NC(=O)c1ccc(N2CCNCC2)cc1C. The van der Waals surface area contributed by atoms with Crippen molar-refractivity contribution in [2.24, 2.45) is 0 Å². The van der Waals surface area contributed by atoms with Gasteiger partial charge in [0.25, 0.3) is 5.91 Å². The minimum atomic E-state index is -0.0487. The molecule has 0 bridgehead atoms. The molecule has 0 aliphatic carbocycles. The number of nitrogens with zero attached hydrogens (tertiary/aromatic N) is 2. The van der Waals surface area contributed by atoms with Gasteiger partial charge in [0.15, 0.2) is 0 Å². The Morgan fingerprint density at radius 2 is 1.31 bits per heavy atom. The molecule has 2 saturated heterocycles. The van der Waals surface area contributed by atoms with Crippen LogP contribution in [0.25, 0.3) is 0 Å². The number of hydrogen-bond donors (Lipinski definition) is 3. The van der Waals surface area contributed by atoms with Crippen LogP contribution in [0.1, 0.15) is 21.5 Å². The molecular formula is C23H31N5O. The lowest BCUT2D eigenvalue weighted by Crippen LogP contribution is -2.43. The van der Waals surface area contributed by atoms with Crippen molar-refractivity contribution in [2.45, 2.75) is 13.8 Å². The van der Waals surface area contributed by atoms with Crippen LogP contribution >= 0.6 is 0 Å². The van der Waals surface area contributed by atoms with E-state index in [-0.39, 0.29) is 5.91 Å². The highest BCUT2D eigenvalue weighted by molar-refractivity contribution is 6.06. The molecule has 0 atom stereocenters. The highest BCUT2D eigenvalue weighted by atomic mass is 16.1. The van der Waals surface area contributed by atoms with E-state index in [9.17, 15) is 4.79 Å². The fourth-order valence-corrected chi connectivity index (χ4v) is 4.12. The van der Waals surface area contributed by atoms with Crippen molar-refractivity contribution in [3.05, 3.63) is 53.1 Å². The largest absolute Gasteiger partial charge is 0.369 e. The topological polar surface area (TPSA) is 59.6 Å². The second-order valence-electron chi connectivity index (χ2n) is 7.93. The summed E-state index contributed by atoms with van der Waals surface area (Å²) in [6, 6.07) is 12.4. The third-order valence-electron chi connectivity index (χ3n) is 5.88. The highest BCUT2D eigenvalue weighted by Crippen LogP contribution is 2.25. The molecule has 0 spiro atoms. The predicted octanol–water partition coefficient (Wildman–Crippen LogP) is 2.37. The van der Waals surface area contributed by atoms with Crippen LogP contribution in [0, 0.1) is 13.8 Å². The quantitative estimate of drug-likeness (QED) is 0.745. The summed E-state index contributed by atoms with van der Waals surface area (Å²) >= 11 is 0. The van der Waals surface area contributed by atoms with E-state index in [4.69, 9.17) is 0 Å². The number of nitrogens with one attached hydrogen (secondary N) is 3. The fraction of sp³-hybridized carbons (Fsp3) is 0.435. The highest BCUT2D eigenvalue weighted by Gasteiger charge is 2.16. The lowest BCUT2D eigenvalue weighted by Gasteiger charge is -2.30. The van der Waals surface area contributed by atoms with Gasteiger partial charge < -0.3 is 25.8 Å². The molecule has 4 rings (SSSR count). The smallest absolute Gasteiger partial charge is 0.255 e. The minimum Gasteiger partial charge on any atom is -0.369 e. The molecule has 0 aromatic heterocycles. The number of carbonyl (C=O) groups is 1. The zero-order chi connectivity index (χ0) is 20.2. The number of hydrogen-bond acceptors (Lipinski definition) is 5. The molecule has 0 radical (unpaired) electrons. The number of piperazine rings is 2. The van der Waals surface area contributed by atoms with Crippen LogP contribution in [0.5, 0.6) is 0 Å². The van der Waals surface area contributed by atoms with Gasteiger partial charge in [0.1, 0.15) is 0 Å². The van der Waals surface area contributed by atoms with Crippen LogP contribution in [0.2, 0.25) is 0 Å². The number of aryl methyl sites for hydroxylation is 2. The van der Waals surface area contributed by atoms with E-state index >= 15 is 0 Å². The van der Waals surface area contributed by atoms with Gasteiger partial charge in [0.05, 0.1) is 0 Å². The second-order valence-corrected chi connectivity index (χ2v) is 7.93. The van der Waals surface area contributed by atoms with Gasteiger partial charge >= 0.3 is 0 Å². The van der Waals surface area contributed by atoms with Crippen LogP contribution in [-0.4, -0.2) is 58.3 Å². The first-order valence-corrected chi connectivity index (χ1v) is 10.6. The van der Waals surface area contributed by atoms with Gasteiger partial charge in [-0.3, -0.25) is 4.79 Å². The third kappa shape index (κ3) is 4.54. The molecule has 3 N–H and O–H groups in total. The maximum atomic E-state index is 12.9. The Morgan fingerprint density at radius 3 is 1.83 bits per heavy atom. The Bertz CT molecular complexity index is 870. The van der Waals surface area contributed by atoms with Gasteiger partial charge in [-0.05, 0) is 61.4 Å². The van der Waals surface area contributed by atoms with Crippen molar-refractivity contribution in [3.8, 4) is 0 Å². The average Bonchev–Trinajstić information content (AvgIpc) is 2.76. The number of benzene rings is 2. The molecule has 2 aromatic rings. The summed E-state index contributed by atoms with van der Waals surface area (Å²) in [4.78, 5) is 17.7. The van der Waals surface area contributed by atoms with Crippen LogP contribution in [0.4, 0.5) is 17.1 Å². The van der Waals surface area contributed by atoms with Crippen molar-refractivity contribution < 1.29 is 4.79 Å². The van der Waals surface area contributed by atoms with Crippen molar-refractivity contribution in [3.63, 3.8) is 0 Å². The molecule has 2 aliphatic rings. The molecule has 1 amide bonds. The summed E-state index contributed by atoms with van der Waals surface area (Å²) in [6.45, 7) is 12.2. The van der Waals surface area contributed by atoms with Gasteiger partial charge in [-0.25, -0.2) is 0 Å². The Labute approximate surface area is 173 Å². The molecule has 2 aromatic carbocycles. The van der Waals surface area contributed by atoms with Crippen LogP contribution < -0.4 is 25.8 Å². The third-order valence-corrected chi connectivity index (χ3v) is 5.88. The Hall–Kier alpha value is -2.57. The standard InChI is InChI=1S/C23H31N5O/c1-17-15-19(27-11-7-24-8-12-27)3-5-21(17)23(29)26-22-6-4-20(16-18(22)2)28-13-9-25-10-14-28/h3-6,15-16,24-25H,7-14H2,1-2H3,(H,26,29). The molecule has 6 nitrogen and oxygen atoms in total. The first-order chi connectivity index (χ1) is 14.1. The Balaban J connectivity index is 1.46. The molecule has 0 unspecified atom stereocenters. The van der Waals surface area contributed by atoms with Gasteiger partial charge in [-0.15, -0.1) is 0 Å². The summed E-state index contributed by atoms with van der Waals surface area (Å²) in [5.74, 6) is -0.0487. The van der Waals surface area contributed by atoms with Crippen LogP contribution in [-0.2, 0) is 0 Å². The lowest BCUT2D eigenvalue weighted by atomic mass is 10.1. The summed E-state index contributed by atoms with van der Waals surface area (Å²) in [7, 11) is 0. The predicted molar refractivity (Wildman–Crippen MR) is 120 cm³/mol. The molecule has 2 heterocycles. The van der Waals surface area contributed by atoms with E-state index in [1.807, 2.05) is 19.1 Å². The van der Waals surface area contributed by atoms with Gasteiger partial charge in [-0.2, -0.15) is 0 Å². The molecule has 2 aliphatic heterocycles. The second kappa shape index (κ2) is 8.84. The number of carbonyl (C=O) groups excluding carboxylic acids is 1. The van der Waals surface area contributed by atoms with E-state index in [1.165, 1.54) is 11.4 Å². The monoisotopic (exact) mass is 393 g/mol. The number of rotatable bonds is 4. The number of amides is 1. The van der Waals surface area contributed by atoms with E-state index in [0.717, 1.165) is 74.7 Å². The normalized spacial score (nSPS) is 17.3. The van der Waals surface area contributed by atoms with Crippen molar-refractivity contribution in [1.82, 2.24) is 10.6 Å². The molecule has 2 fully saturated rings. The van der Waals surface area contributed by atoms with E-state index in [2.05, 4.69) is 56.9 Å². The number of anilines is 3. The van der Waals surface area contributed by atoms with Gasteiger partial charge in [0, 0.05) is 75.0 Å². The van der Waals surface area contributed by atoms with E-state index < -0.39 is 0 Å². The van der Waals surface area contributed by atoms with Crippen LogP contribution in [0.3, 0.4) is 0 Å². The zero-order valence-electron chi connectivity index (χ0n) is 17.4. The van der Waals surface area contributed by atoms with Crippen molar-refractivity contribution in [2.75, 3.05) is 67.5 Å². The summed E-state index contributed by atoms with van der Waals surface area (Å²) in [5, 5.41) is 9.86.